The molecule has 0 aliphatic heterocycles. The summed E-state index contributed by atoms with van der Waals surface area (Å²) in [5, 5.41) is 2.48. The number of hydrogen-bond donors (Lipinski definition) is 3. The number of ether oxygens (including phenoxy) is 1. The van der Waals surface area contributed by atoms with Gasteiger partial charge in [0.2, 0.25) is 0 Å². The fraction of sp³-hybridized carbons (Fsp3) is 0.269. The maximum absolute atomic E-state index is 12.4. The van der Waals surface area contributed by atoms with E-state index in [0.29, 0.717) is 30.2 Å². The Kier molecular flexibility index (Phi) is 9.82. The average molecular weight is 495 g/mol. The van der Waals surface area contributed by atoms with Gasteiger partial charge >= 0.3 is 5.91 Å². The van der Waals surface area contributed by atoms with E-state index in [1.54, 1.807) is 36.4 Å². The number of amides is 2. The number of nitrogens with one attached hydrogen (secondary N) is 3. The Labute approximate surface area is 210 Å². The molecule has 8 nitrogen and oxygen atoms in total. The van der Waals surface area contributed by atoms with E-state index in [-0.39, 0.29) is 10.9 Å². The zero-order chi connectivity index (χ0) is 25.0. The predicted octanol–water partition coefficient (Wildman–Crippen LogP) is 3.69. The average Bonchev–Trinajstić information content (AvgIpc) is 3.35. The van der Waals surface area contributed by atoms with Gasteiger partial charge in [0, 0.05) is 12.0 Å². The van der Waals surface area contributed by atoms with Crippen molar-refractivity contribution in [3.05, 3.63) is 89.4 Å². The summed E-state index contributed by atoms with van der Waals surface area (Å²) in [6, 6.07) is 20.2. The third-order valence-corrected chi connectivity index (χ3v) is 5.50. The van der Waals surface area contributed by atoms with Crippen LogP contribution in [-0.2, 0) is 13.0 Å². The third kappa shape index (κ3) is 8.24. The molecule has 2 aromatic carbocycles. The number of hydrogen-bond acceptors (Lipinski definition) is 6. The number of nitrogens with zero attached hydrogens (tertiary/aromatic N) is 1. The molecule has 0 saturated heterocycles. The molecule has 2 amide bonds. The fourth-order valence-corrected chi connectivity index (χ4v) is 3.41. The Morgan fingerprint density at radius 3 is 2.31 bits per heavy atom. The quantitative estimate of drug-likeness (QED) is 0.292. The van der Waals surface area contributed by atoms with Crippen molar-refractivity contribution >= 4 is 29.1 Å². The number of rotatable bonds is 10. The summed E-state index contributed by atoms with van der Waals surface area (Å²) in [4.78, 5) is 26.9. The lowest BCUT2D eigenvalue weighted by Gasteiger charge is -2.15. The molecule has 0 radical (unpaired) electrons. The van der Waals surface area contributed by atoms with Crippen LogP contribution in [0.15, 0.2) is 71.1 Å². The Bertz CT molecular complexity index is 1110. The molecule has 1 aromatic heterocycles. The Hall–Kier alpha value is -3.69. The number of furan rings is 1. The molecule has 35 heavy (non-hydrogen) atoms. The number of carbonyl (C=O) groups excluding carboxylic acids is 2. The van der Waals surface area contributed by atoms with Crippen LogP contribution in [0.25, 0.3) is 0 Å². The van der Waals surface area contributed by atoms with Gasteiger partial charge in [0.1, 0.15) is 11.5 Å². The van der Waals surface area contributed by atoms with E-state index >= 15 is 0 Å². The zero-order valence-corrected chi connectivity index (χ0v) is 20.7. The van der Waals surface area contributed by atoms with Crippen LogP contribution in [0.4, 0.5) is 0 Å². The SMILES string of the molecule is CCN(CC)Cc1ccc(C(=O)NNC(=S)NC(=O)c2ccc(OCCc3ccccc3)cc2)o1. The summed E-state index contributed by atoms with van der Waals surface area (Å²) in [6.45, 7) is 7.06. The zero-order valence-electron chi connectivity index (χ0n) is 19.9. The normalized spacial score (nSPS) is 10.6. The third-order valence-electron chi connectivity index (χ3n) is 5.29. The van der Waals surface area contributed by atoms with Crippen LogP contribution in [0, 0.1) is 0 Å². The highest BCUT2D eigenvalue weighted by molar-refractivity contribution is 7.80. The van der Waals surface area contributed by atoms with Gasteiger partial charge in [0.15, 0.2) is 10.9 Å². The number of benzene rings is 2. The lowest BCUT2D eigenvalue weighted by atomic mass is 10.2. The van der Waals surface area contributed by atoms with Crippen LogP contribution < -0.4 is 20.9 Å². The summed E-state index contributed by atoms with van der Waals surface area (Å²) in [6.07, 6.45) is 0.796. The highest BCUT2D eigenvalue weighted by Crippen LogP contribution is 2.13. The molecule has 0 saturated carbocycles. The van der Waals surface area contributed by atoms with Crippen LogP contribution in [-0.4, -0.2) is 41.5 Å². The molecule has 0 spiro atoms. The van der Waals surface area contributed by atoms with Gasteiger partial charge in [-0.3, -0.25) is 30.7 Å². The maximum atomic E-state index is 12.4. The van der Waals surface area contributed by atoms with Gasteiger partial charge in [0.25, 0.3) is 5.91 Å². The number of carbonyl (C=O) groups is 2. The van der Waals surface area contributed by atoms with Crippen LogP contribution in [0.5, 0.6) is 5.75 Å². The first-order chi connectivity index (χ1) is 17.0. The molecule has 3 aromatic rings. The first kappa shape index (κ1) is 25.9. The molecule has 3 N–H and O–H groups in total. The molecule has 0 bridgehead atoms. The number of thiocarbonyl (C=S) groups is 1. The van der Waals surface area contributed by atoms with Crippen molar-refractivity contribution in [2.45, 2.75) is 26.8 Å². The second-order valence-corrected chi connectivity index (χ2v) is 8.11. The van der Waals surface area contributed by atoms with Crippen molar-refractivity contribution < 1.29 is 18.7 Å². The van der Waals surface area contributed by atoms with E-state index in [2.05, 4.69) is 47.0 Å². The highest BCUT2D eigenvalue weighted by Gasteiger charge is 2.14. The monoisotopic (exact) mass is 494 g/mol. The van der Waals surface area contributed by atoms with Crippen LogP contribution in [0.3, 0.4) is 0 Å². The van der Waals surface area contributed by atoms with Gasteiger partial charge in [-0.1, -0.05) is 44.2 Å². The van der Waals surface area contributed by atoms with Crippen molar-refractivity contribution in [2.75, 3.05) is 19.7 Å². The maximum Gasteiger partial charge on any atom is 0.305 e. The van der Waals surface area contributed by atoms with Gasteiger partial charge in [-0.05, 0) is 67.3 Å². The van der Waals surface area contributed by atoms with Crippen molar-refractivity contribution in [1.82, 2.24) is 21.1 Å². The first-order valence-electron chi connectivity index (χ1n) is 11.5. The van der Waals surface area contributed by atoms with Gasteiger partial charge < -0.3 is 9.15 Å². The van der Waals surface area contributed by atoms with Crippen LogP contribution in [0.1, 0.15) is 46.1 Å². The number of hydrazine groups is 1. The smallest absolute Gasteiger partial charge is 0.305 e. The summed E-state index contributed by atoms with van der Waals surface area (Å²) in [5.41, 5.74) is 6.54. The van der Waals surface area contributed by atoms with Gasteiger partial charge in [-0.2, -0.15) is 0 Å². The summed E-state index contributed by atoms with van der Waals surface area (Å²) < 4.78 is 11.3. The molecule has 0 aliphatic rings. The van der Waals surface area contributed by atoms with E-state index < -0.39 is 11.8 Å². The molecular weight excluding hydrogens is 464 g/mol. The molecule has 184 valence electrons. The van der Waals surface area contributed by atoms with E-state index in [0.717, 1.165) is 19.5 Å². The van der Waals surface area contributed by atoms with Gasteiger partial charge in [-0.25, -0.2) is 0 Å². The van der Waals surface area contributed by atoms with E-state index in [1.807, 2.05) is 18.2 Å². The predicted molar refractivity (Wildman–Crippen MR) is 138 cm³/mol. The molecule has 1 heterocycles. The van der Waals surface area contributed by atoms with Crippen molar-refractivity contribution in [3.8, 4) is 5.75 Å². The van der Waals surface area contributed by atoms with E-state index in [1.165, 1.54) is 5.56 Å². The van der Waals surface area contributed by atoms with Crippen molar-refractivity contribution in [1.29, 1.82) is 0 Å². The van der Waals surface area contributed by atoms with Gasteiger partial charge in [-0.15, -0.1) is 0 Å². The Morgan fingerprint density at radius 2 is 1.63 bits per heavy atom. The Morgan fingerprint density at radius 1 is 0.914 bits per heavy atom. The molecule has 0 unspecified atom stereocenters. The molecule has 9 heteroatoms. The summed E-state index contributed by atoms with van der Waals surface area (Å²) >= 11 is 5.10. The van der Waals surface area contributed by atoms with Crippen LogP contribution >= 0.6 is 12.2 Å². The molecule has 0 fully saturated rings. The van der Waals surface area contributed by atoms with E-state index in [4.69, 9.17) is 21.4 Å². The molecular formula is C26H30N4O4S. The largest absolute Gasteiger partial charge is 0.493 e. The molecule has 0 aliphatic carbocycles. The second-order valence-electron chi connectivity index (χ2n) is 7.70. The van der Waals surface area contributed by atoms with Crippen molar-refractivity contribution in [2.24, 2.45) is 0 Å². The standard InChI is InChI=1S/C26H30N4O4S/c1-3-30(4-2)18-22-14-15-23(34-22)25(32)28-29-26(35)27-24(31)20-10-12-21(13-11-20)33-17-16-19-8-6-5-7-9-19/h5-15H,3-4,16-18H2,1-2H3,(H,28,32)(H2,27,29,31,35). The summed E-state index contributed by atoms with van der Waals surface area (Å²) in [7, 11) is 0. The lowest BCUT2D eigenvalue weighted by Crippen LogP contribution is -2.48. The van der Waals surface area contributed by atoms with Crippen LogP contribution in [0.2, 0.25) is 0 Å². The molecule has 0 atom stereocenters. The van der Waals surface area contributed by atoms with Gasteiger partial charge in [0.05, 0.1) is 13.2 Å². The minimum absolute atomic E-state index is 0.0403. The topological polar surface area (TPSA) is 95.8 Å². The van der Waals surface area contributed by atoms with E-state index in [9.17, 15) is 9.59 Å². The van der Waals surface area contributed by atoms with Crippen molar-refractivity contribution in [3.63, 3.8) is 0 Å². The minimum Gasteiger partial charge on any atom is -0.493 e. The summed E-state index contributed by atoms with van der Waals surface area (Å²) in [5.74, 6) is 0.611. The Balaban J connectivity index is 1.40. The highest BCUT2D eigenvalue weighted by atomic mass is 32.1. The second kappa shape index (κ2) is 13.3. The fourth-order valence-electron chi connectivity index (χ4n) is 3.27. The minimum atomic E-state index is -0.496. The lowest BCUT2D eigenvalue weighted by molar-refractivity contribution is 0.0907. The first-order valence-corrected chi connectivity index (χ1v) is 11.9. The molecule has 3 rings (SSSR count).